The molecule has 0 aliphatic heterocycles. The molecule has 0 saturated heterocycles. The van der Waals surface area contributed by atoms with Crippen molar-refractivity contribution in [1.82, 2.24) is 5.32 Å². The first-order chi connectivity index (χ1) is 13.4. The molecular weight excluding hydrogens is 360 g/mol. The first kappa shape index (κ1) is 21.0. The number of amides is 2. The second-order valence-corrected chi connectivity index (χ2v) is 6.20. The van der Waals surface area contributed by atoms with Gasteiger partial charge in [-0.2, -0.15) is 0 Å². The molecule has 0 aliphatic carbocycles. The quantitative estimate of drug-likeness (QED) is 0.683. The summed E-state index contributed by atoms with van der Waals surface area (Å²) in [6.45, 7) is 5.30. The van der Waals surface area contributed by atoms with Crippen molar-refractivity contribution < 1.29 is 23.9 Å². The maximum Gasteiger partial charge on any atom is 0.325 e. The van der Waals surface area contributed by atoms with Gasteiger partial charge < -0.3 is 20.1 Å². The molecule has 2 rings (SSSR count). The van der Waals surface area contributed by atoms with Gasteiger partial charge in [0.2, 0.25) is 0 Å². The highest BCUT2D eigenvalue weighted by molar-refractivity contribution is 5.98. The van der Waals surface area contributed by atoms with Gasteiger partial charge in [0, 0.05) is 5.69 Å². The summed E-state index contributed by atoms with van der Waals surface area (Å²) in [6, 6.07) is 12.4. The summed E-state index contributed by atoms with van der Waals surface area (Å²) in [5.74, 6) is -1.19. The maximum absolute atomic E-state index is 12.2. The first-order valence-electron chi connectivity index (χ1n) is 8.93. The van der Waals surface area contributed by atoms with E-state index < -0.39 is 24.4 Å². The highest BCUT2D eigenvalue weighted by Crippen LogP contribution is 2.17. The molecule has 0 aromatic heterocycles. The molecule has 2 aromatic rings. The number of para-hydroxylation sites is 1. The minimum absolute atomic E-state index is 0.324. The third-order valence-electron chi connectivity index (χ3n) is 3.69. The van der Waals surface area contributed by atoms with Crippen LogP contribution in [0.3, 0.4) is 0 Å². The molecule has 0 radical (unpaired) electrons. The number of carbonyl (C=O) groups is 3. The fraction of sp³-hybridized carbons (Fsp3) is 0.286. The fourth-order valence-corrected chi connectivity index (χ4v) is 2.62. The number of hydrogen-bond donors (Lipinski definition) is 2. The molecule has 0 bridgehead atoms. The summed E-state index contributed by atoms with van der Waals surface area (Å²) in [5, 5.41) is 5.13. The maximum atomic E-state index is 12.2. The van der Waals surface area contributed by atoms with Gasteiger partial charge in [-0.15, -0.1) is 0 Å². The monoisotopic (exact) mass is 384 g/mol. The minimum atomic E-state index is -0.710. The topological polar surface area (TPSA) is 93.7 Å². The standard InChI is InChI=1S/C21H24N2O5/c1-4-27-18-8-6-5-7-17(18)21(26)22-12-20(25)28-13-19(24)23-16-10-14(2)9-15(3)11-16/h5-11H,4,12-13H2,1-3H3,(H,22,26)(H,23,24). The number of anilines is 1. The van der Waals surface area contributed by atoms with Gasteiger partial charge in [0.25, 0.3) is 11.8 Å². The number of nitrogens with one attached hydrogen (secondary N) is 2. The Balaban J connectivity index is 1.79. The van der Waals surface area contributed by atoms with E-state index in [0.717, 1.165) is 11.1 Å². The zero-order valence-electron chi connectivity index (χ0n) is 16.2. The van der Waals surface area contributed by atoms with E-state index in [1.165, 1.54) is 0 Å². The summed E-state index contributed by atoms with van der Waals surface area (Å²) >= 11 is 0. The van der Waals surface area contributed by atoms with Crippen LogP contribution in [0.4, 0.5) is 5.69 Å². The van der Waals surface area contributed by atoms with Gasteiger partial charge >= 0.3 is 5.97 Å². The van der Waals surface area contributed by atoms with Crippen molar-refractivity contribution in [2.45, 2.75) is 20.8 Å². The van der Waals surface area contributed by atoms with Gasteiger partial charge in [0.15, 0.2) is 6.61 Å². The van der Waals surface area contributed by atoms with E-state index in [2.05, 4.69) is 10.6 Å². The number of ether oxygens (including phenoxy) is 2. The zero-order chi connectivity index (χ0) is 20.5. The molecule has 0 heterocycles. The largest absolute Gasteiger partial charge is 0.493 e. The lowest BCUT2D eigenvalue weighted by Crippen LogP contribution is -2.32. The Kier molecular flexibility index (Phi) is 7.56. The normalized spacial score (nSPS) is 10.1. The van der Waals surface area contributed by atoms with Gasteiger partial charge in [-0.05, 0) is 56.2 Å². The Morgan fingerprint density at radius 3 is 2.36 bits per heavy atom. The van der Waals surface area contributed by atoms with Crippen LogP contribution in [0.2, 0.25) is 0 Å². The average Bonchev–Trinajstić information content (AvgIpc) is 2.64. The molecule has 0 saturated carbocycles. The van der Waals surface area contributed by atoms with E-state index in [9.17, 15) is 14.4 Å². The molecular formula is C21H24N2O5. The molecule has 7 nitrogen and oxygen atoms in total. The van der Waals surface area contributed by atoms with Crippen molar-refractivity contribution in [3.05, 3.63) is 59.2 Å². The van der Waals surface area contributed by atoms with Crippen molar-refractivity contribution in [3.63, 3.8) is 0 Å². The number of rotatable bonds is 8. The van der Waals surface area contributed by atoms with E-state index in [4.69, 9.17) is 9.47 Å². The highest BCUT2D eigenvalue weighted by Gasteiger charge is 2.14. The summed E-state index contributed by atoms with van der Waals surface area (Å²) < 4.78 is 10.3. The van der Waals surface area contributed by atoms with Crippen molar-refractivity contribution in [1.29, 1.82) is 0 Å². The second kappa shape index (κ2) is 10.1. The molecule has 0 aliphatic rings. The number of aryl methyl sites for hydroxylation is 2. The summed E-state index contributed by atoms with van der Waals surface area (Å²) in [7, 11) is 0. The summed E-state index contributed by atoms with van der Waals surface area (Å²) in [4.78, 5) is 35.9. The highest BCUT2D eigenvalue weighted by atomic mass is 16.5. The smallest absolute Gasteiger partial charge is 0.325 e. The zero-order valence-corrected chi connectivity index (χ0v) is 16.2. The molecule has 0 atom stereocenters. The van der Waals surface area contributed by atoms with Crippen LogP contribution in [0.1, 0.15) is 28.4 Å². The van der Waals surface area contributed by atoms with Crippen LogP contribution >= 0.6 is 0 Å². The van der Waals surface area contributed by atoms with E-state index in [1.807, 2.05) is 39.0 Å². The number of hydrogen-bond acceptors (Lipinski definition) is 5. The second-order valence-electron chi connectivity index (χ2n) is 6.20. The predicted molar refractivity (Wildman–Crippen MR) is 105 cm³/mol. The van der Waals surface area contributed by atoms with Crippen LogP contribution < -0.4 is 15.4 Å². The van der Waals surface area contributed by atoms with Crippen molar-refractivity contribution in [3.8, 4) is 5.75 Å². The molecule has 2 amide bonds. The third kappa shape index (κ3) is 6.42. The molecule has 0 unspecified atom stereocenters. The third-order valence-corrected chi connectivity index (χ3v) is 3.69. The predicted octanol–water partition coefficient (Wildman–Crippen LogP) is 2.61. The first-order valence-corrected chi connectivity index (χ1v) is 8.93. The Labute approximate surface area is 164 Å². The Morgan fingerprint density at radius 2 is 1.68 bits per heavy atom. The lowest BCUT2D eigenvalue weighted by atomic mass is 10.1. The molecule has 0 fully saturated rings. The van der Waals surface area contributed by atoms with Crippen LogP contribution in [-0.2, 0) is 14.3 Å². The van der Waals surface area contributed by atoms with E-state index in [-0.39, 0.29) is 6.54 Å². The van der Waals surface area contributed by atoms with Crippen molar-refractivity contribution >= 4 is 23.5 Å². The van der Waals surface area contributed by atoms with Gasteiger partial charge in [0.1, 0.15) is 12.3 Å². The fourth-order valence-electron chi connectivity index (χ4n) is 2.62. The Hall–Kier alpha value is -3.35. The molecule has 7 heteroatoms. The van der Waals surface area contributed by atoms with Crippen LogP contribution in [-0.4, -0.2) is 37.5 Å². The number of carbonyl (C=O) groups excluding carboxylic acids is 3. The van der Waals surface area contributed by atoms with E-state index in [1.54, 1.807) is 24.3 Å². The molecule has 148 valence electrons. The number of esters is 1. The van der Waals surface area contributed by atoms with E-state index in [0.29, 0.717) is 23.6 Å². The average molecular weight is 384 g/mol. The van der Waals surface area contributed by atoms with Gasteiger partial charge in [-0.3, -0.25) is 14.4 Å². The Morgan fingerprint density at radius 1 is 1.00 bits per heavy atom. The SMILES string of the molecule is CCOc1ccccc1C(=O)NCC(=O)OCC(=O)Nc1cc(C)cc(C)c1. The molecule has 2 aromatic carbocycles. The molecule has 2 N–H and O–H groups in total. The molecule has 28 heavy (non-hydrogen) atoms. The van der Waals surface area contributed by atoms with Crippen LogP contribution in [0.25, 0.3) is 0 Å². The van der Waals surface area contributed by atoms with Gasteiger partial charge in [-0.25, -0.2) is 0 Å². The lowest BCUT2D eigenvalue weighted by molar-refractivity contribution is -0.146. The van der Waals surface area contributed by atoms with Gasteiger partial charge in [-0.1, -0.05) is 18.2 Å². The number of benzene rings is 2. The van der Waals surface area contributed by atoms with Crippen LogP contribution in [0, 0.1) is 13.8 Å². The molecule has 0 spiro atoms. The van der Waals surface area contributed by atoms with Gasteiger partial charge in [0.05, 0.1) is 12.2 Å². The lowest BCUT2D eigenvalue weighted by Gasteiger charge is -2.11. The summed E-state index contributed by atoms with van der Waals surface area (Å²) in [6.07, 6.45) is 0. The van der Waals surface area contributed by atoms with Crippen LogP contribution in [0.15, 0.2) is 42.5 Å². The van der Waals surface area contributed by atoms with Crippen molar-refractivity contribution in [2.24, 2.45) is 0 Å². The Bertz CT molecular complexity index is 843. The van der Waals surface area contributed by atoms with Crippen molar-refractivity contribution in [2.75, 3.05) is 25.1 Å². The van der Waals surface area contributed by atoms with Crippen LogP contribution in [0.5, 0.6) is 5.75 Å². The summed E-state index contributed by atoms with van der Waals surface area (Å²) in [5.41, 5.74) is 2.99. The van der Waals surface area contributed by atoms with E-state index >= 15 is 0 Å². The minimum Gasteiger partial charge on any atom is -0.493 e.